The molecule has 0 saturated carbocycles. The number of phenolic OH excluding ortho intramolecular Hbond substituents is 1. The van der Waals surface area contributed by atoms with Crippen LogP contribution < -0.4 is 0 Å². The summed E-state index contributed by atoms with van der Waals surface area (Å²) in [4.78, 5) is 5.67. The minimum absolute atomic E-state index is 0.381. The number of nitrogens with one attached hydrogen (secondary N) is 1. The van der Waals surface area contributed by atoms with Crippen LogP contribution in [0.3, 0.4) is 0 Å². The zero-order chi connectivity index (χ0) is 13.1. The number of hydrogen-bond acceptors (Lipinski definition) is 2. The second-order valence-corrected chi connectivity index (χ2v) is 4.74. The lowest BCUT2D eigenvalue weighted by molar-refractivity contribution is 0.308. The average Bonchev–Trinajstić information content (AvgIpc) is 2.80. The Bertz CT molecular complexity index is 527. The summed E-state index contributed by atoms with van der Waals surface area (Å²) in [6.07, 6.45) is 3.00. The number of aromatic hydroxyl groups is 1. The van der Waals surface area contributed by atoms with Crippen molar-refractivity contribution in [1.29, 1.82) is 0 Å². The molecule has 0 radical (unpaired) electrons. The molecule has 0 fully saturated rings. The number of aromatic nitrogens is 1. The molecule has 0 aliphatic carbocycles. The monoisotopic (exact) mass is 246 g/mol. The third-order valence-corrected chi connectivity index (χ3v) is 3.70. The van der Waals surface area contributed by atoms with Crippen LogP contribution in [0, 0.1) is 6.92 Å². The maximum Gasteiger partial charge on any atom is 0.125 e. The van der Waals surface area contributed by atoms with Crippen molar-refractivity contribution in [1.82, 2.24) is 9.88 Å². The smallest absolute Gasteiger partial charge is 0.125 e. The van der Waals surface area contributed by atoms with E-state index in [1.807, 2.05) is 12.3 Å². The second kappa shape index (κ2) is 5.44. The molecule has 0 aliphatic heterocycles. The Morgan fingerprint density at radius 3 is 2.61 bits per heavy atom. The Morgan fingerprint density at radius 2 is 1.94 bits per heavy atom. The summed E-state index contributed by atoms with van der Waals surface area (Å²) in [6.45, 7) is 9.61. The van der Waals surface area contributed by atoms with Gasteiger partial charge in [-0.2, -0.15) is 0 Å². The molecule has 0 atom stereocenters. The molecule has 0 saturated heterocycles. The number of nitrogens with zero attached hydrogens (tertiary/aromatic N) is 1. The molecule has 1 aromatic carbocycles. The molecule has 3 nitrogen and oxygen atoms in total. The van der Waals surface area contributed by atoms with Crippen LogP contribution in [-0.2, 0) is 6.42 Å². The van der Waals surface area contributed by atoms with E-state index in [4.69, 9.17) is 0 Å². The summed E-state index contributed by atoms with van der Waals surface area (Å²) >= 11 is 0. The molecular weight excluding hydrogens is 224 g/mol. The van der Waals surface area contributed by atoms with E-state index in [1.165, 1.54) is 11.1 Å². The van der Waals surface area contributed by atoms with Gasteiger partial charge in [-0.15, -0.1) is 0 Å². The van der Waals surface area contributed by atoms with Gasteiger partial charge in [-0.05, 0) is 43.6 Å². The SMILES string of the molecule is CCN(CC)CCc1c[nH]c2c(C)ccc(O)c12. The molecule has 2 aromatic rings. The maximum absolute atomic E-state index is 10.0. The number of H-pyrrole nitrogens is 1. The van der Waals surface area contributed by atoms with E-state index in [9.17, 15) is 5.11 Å². The highest BCUT2D eigenvalue weighted by molar-refractivity contribution is 5.91. The summed E-state index contributed by atoms with van der Waals surface area (Å²) < 4.78 is 0. The summed E-state index contributed by atoms with van der Waals surface area (Å²) in [5.74, 6) is 0.381. The first-order valence-corrected chi connectivity index (χ1v) is 6.68. The normalized spacial score (nSPS) is 11.6. The molecule has 1 aromatic heterocycles. The molecule has 3 heteroatoms. The number of hydrogen-bond donors (Lipinski definition) is 2. The summed E-state index contributed by atoms with van der Waals surface area (Å²) in [5.41, 5.74) is 3.44. The average molecular weight is 246 g/mol. The first-order valence-electron chi connectivity index (χ1n) is 6.68. The quantitative estimate of drug-likeness (QED) is 0.851. The van der Waals surface area contributed by atoms with Crippen LogP contribution in [0.15, 0.2) is 18.3 Å². The van der Waals surface area contributed by atoms with E-state index < -0.39 is 0 Å². The molecule has 0 amide bonds. The minimum atomic E-state index is 0.381. The van der Waals surface area contributed by atoms with E-state index in [2.05, 4.69) is 30.7 Å². The van der Waals surface area contributed by atoms with E-state index in [1.54, 1.807) is 6.07 Å². The summed E-state index contributed by atoms with van der Waals surface area (Å²) in [7, 11) is 0. The third kappa shape index (κ3) is 2.36. The van der Waals surface area contributed by atoms with Gasteiger partial charge in [0.15, 0.2) is 0 Å². The van der Waals surface area contributed by atoms with Crippen molar-refractivity contribution in [2.75, 3.05) is 19.6 Å². The van der Waals surface area contributed by atoms with Crippen molar-refractivity contribution in [2.45, 2.75) is 27.2 Å². The Hall–Kier alpha value is -1.48. The highest BCUT2D eigenvalue weighted by Gasteiger charge is 2.10. The lowest BCUT2D eigenvalue weighted by Gasteiger charge is -2.17. The fraction of sp³-hybridized carbons (Fsp3) is 0.467. The number of rotatable bonds is 5. The van der Waals surface area contributed by atoms with Gasteiger partial charge in [0, 0.05) is 18.1 Å². The lowest BCUT2D eigenvalue weighted by atomic mass is 10.1. The van der Waals surface area contributed by atoms with Gasteiger partial charge in [0.2, 0.25) is 0 Å². The van der Waals surface area contributed by atoms with Crippen molar-refractivity contribution in [2.24, 2.45) is 0 Å². The van der Waals surface area contributed by atoms with Crippen LogP contribution in [0.4, 0.5) is 0 Å². The maximum atomic E-state index is 10.0. The van der Waals surface area contributed by atoms with Crippen molar-refractivity contribution < 1.29 is 5.11 Å². The van der Waals surface area contributed by atoms with Gasteiger partial charge in [0.05, 0.1) is 5.52 Å². The van der Waals surface area contributed by atoms with Crippen molar-refractivity contribution in [3.05, 3.63) is 29.5 Å². The first-order chi connectivity index (χ1) is 8.67. The van der Waals surface area contributed by atoms with Crippen molar-refractivity contribution >= 4 is 10.9 Å². The second-order valence-electron chi connectivity index (χ2n) is 4.74. The third-order valence-electron chi connectivity index (χ3n) is 3.70. The van der Waals surface area contributed by atoms with Crippen molar-refractivity contribution in [3.63, 3.8) is 0 Å². The van der Waals surface area contributed by atoms with Crippen LogP contribution >= 0.6 is 0 Å². The number of likely N-dealkylation sites (N-methyl/N-ethyl adjacent to an activating group) is 1. The number of fused-ring (bicyclic) bond motifs is 1. The topological polar surface area (TPSA) is 39.3 Å². The highest BCUT2D eigenvalue weighted by Crippen LogP contribution is 2.30. The predicted octanol–water partition coefficient (Wildman–Crippen LogP) is 3.07. The van der Waals surface area contributed by atoms with Crippen LogP contribution in [-0.4, -0.2) is 34.6 Å². The van der Waals surface area contributed by atoms with Gasteiger partial charge in [0.25, 0.3) is 0 Å². The van der Waals surface area contributed by atoms with E-state index >= 15 is 0 Å². The molecule has 0 aliphatic rings. The van der Waals surface area contributed by atoms with E-state index in [0.29, 0.717) is 5.75 Å². The zero-order valence-corrected chi connectivity index (χ0v) is 11.5. The zero-order valence-electron chi connectivity index (χ0n) is 11.5. The van der Waals surface area contributed by atoms with E-state index in [-0.39, 0.29) is 0 Å². The number of benzene rings is 1. The van der Waals surface area contributed by atoms with E-state index in [0.717, 1.165) is 37.0 Å². The van der Waals surface area contributed by atoms with Gasteiger partial charge in [0.1, 0.15) is 5.75 Å². The lowest BCUT2D eigenvalue weighted by Crippen LogP contribution is -2.25. The summed E-state index contributed by atoms with van der Waals surface area (Å²) in [6, 6.07) is 3.73. The molecule has 0 unspecified atom stereocenters. The molecule has 2 rings (SSSR count). The number of aryl methyl sites for hydroxylation is 1. The Kier molecular flexibility index (Phi) is 3.92. The predicted molar refractivity (Wildman–Crippen MR) is 76.2 cm³/mol. The van der Waals surface area contributed by atoms with Gasteiger partial charge < -0.3 is 15.0 Å². The van der Waals surface area contributed by atoms with Gasteiger partial charge in [-0.1, -0.05) is 19.9 Å². The van der Waals surface area contributed by atoms with Crippen molar-refractivity contribution in [3.8, 4) is 5.75 Å². The van der Waals surface area contributed by atoms with Gasteiger partial charge in [-0.3, -0.25) is 0 Å². The van der Waals surface area contributed by atoms with Crippen LogP contribution in [0.1, 0.15) is 25.0 Å². The highest BCUT2D eigenvalue weighted by atomic mass is 16.3. The Morgan fingerprint density at radius 1 is 1.22 bits per heavy atom. The van der Waals surface area contributed by atoms with Gasteiger partial charge >= 0.3 is 0 Å². The molecule has 98 valence electrons. The van der Waals surface area contributed by atoms with Crippen LogP contribution in [0.5, 0.6) is 5.75 Å². The largest absolute Gasteiger partial charge is 0.507 e. The molecule has 0 spiro atoms. The Balaban J connectivity index is 2.26. The fourth-order valence-corrected chi connectivity index (χ4v) is 2.45. The molecule has 18 heavy (non-hydrogen) atoms. The molecule has 0 bridgehead atoms. The molecule has 2 N–H and O–H groups in total. The Labute approximate surface area is 108 Å². The number of phenols is 1. The van der Waals surface area contributed by atoms with Crippen LogP contribution in [0.25, 0.3) is 10.9 Å². The fourth-order valence-electron chi connectivity index (χ4n) is 2.45. The minimum Gasteiger partial charge on any atom is -0.507 e. The standard InChI is InChI=1S/C15H22N2O/c1-4-17(5-2)9-8-12-10-16-15-11(3)6-7-13(18)14(12)15/h6-7,10,16,18H,4-5,8-9H2,1-3H3. The van der Waals surface area contributed by atoms with Crippen LogP contribution in [0.2, 0.25) is 0 Å². The first kappa shape index (κ1) is 13.0. The summed E-state index contributed by atoms with van der Waals surface area (Å²) in [5, 5.41) is 11.0. The van der Waals surface area contributed by atoms with Gasteiger partial charge in [-0.25, -0.2) is 0 Å². The molecular formula is C15H22N2O. The molecule has 1 heterocycles. The number of aromatic amines is 1.